The molecule has 8 aromatic rings. The molecule has 16 nitrogen and oxygen atoms in total. The van der Waals surface area contributed by atoms with Crippen LogP contribution in [0.25, 0.3) is 0 Å². The molecule has 0 aromatic heterocycles. The third kappa shape index (κ3) is 15.7. The van der Waals surface area contributed by atoms with Gasteiger partial charge in [0, 0.05) is 155 Å². The van der Waals surface area contributed by atoms with Gasteiger partial charge in [-0.3, -0.25) is 19.2 Å². The van der Waals surface area contributed by atoms with Gasteiger partial charge in [0.2, 0.25) is 0 Å². The number of nitrogens with zero attached hydrogens (tertiary/aromatic N) is 4. The van der Waals surface area contributed by atoms with E-state index in [1.807, 2.05) is 88.9 Å². The van der Waals surface area contributed by atoms with Gasteiger partial charge in [0.05, 0.1) is 37.0 Å². The van der Waals surface area contributed by atoms with Crippen LogP contribution in [0.15, 0.2) is 169 Å². The second kappa shape index (κ2) is 31.4. The molecule has 0 unspecified atom stereocenters. The van der Waals surface area contributed by atoms with Crippen LogP contribution in [0.1, 0.15) is 143 Å². The number of hydrogen-bond acceptors (Lipinski definition) is 13. The largest absolute Gasteiger partial charge is 0.492 e. The van der Waals surface area contributed by atoms with Gasteiger partial charge < -0.3 is 61.5 Å². The number of thioether (sulfide) groups is 1. The van der Waals surface area contributed by atoms with Gasteiger partial charge in [-0.2, -0.15) is 13.2 Å². The molecule has 8 aliphatic heterocycles. The number of likely N-dealkylation sites (tertiary alicyclic amines) is 4. The molecule has 0 atom stereocenters. The number of carbonyl (C=O) groups is 4. The molecule has 0 saturated carbocycles. The maximum atomic E-state index is 13.7. The number of rotatable bonds is 9. The van der Waals surface area contributed by atoms with Crippen molar-refractivity contribution in [2.24, 2.45) is 22.9 Å². The first-order chi connectivity index (χ1) is 50.6. The Morgan fingerprint density at radius 3 is 1.02 bits per heavy atom. The lowest BCUT2D eigenvalue weighted by Gasteiger charge is -2.38. The van der Waals surface area contributed by atoms with Crippen molar-refractivity contribution in [2.75, 3.05) is 85.0 Å². The van der Waals surface area contributed by atoms with Crippen LogP contribution in [0.4, 0.5) is 17.6 Å². The number of piperidine rings is 4. The number of halogens is 6. The van der Waals surface area contributed by atoms with E-state index in [-0.39, 0.29) is 55.9 Å². The molecule has 8 aliphatic rings. The number of fused-ring (bicyclic) bond motifs is 8. The van der Waals surface area contributed by atoms with Gasteiger partial charge in [-0.15, -0.1) is 11.8 Å². The number of amides is 4. The van der Waals surface area contributed by atoms with Crippen LogP contribution < -0.4 is 41.9 Å². The average molecular weight is 1490 g/mol. The monoisotopic (exact) mass is 1490 g/mol. The summed E-state index contributed by atoms with van der Waals surface area (Å²) < 4.78 is 76.1. The number of hydrogen-bond donors (Lipinski definition) is 4. The standard InChI is InChI=1S/C21H21F3N2O2.C21H24N2O2S.C20H20ClFN2O2.C20H21ClN2O2/c22-21(23,24)16-3-1-2-15(11-16)19(27)26-8-6-20(7-9-26)13-28-18-5-4-14(12-25)10-17(18)20;1-26-17-5-3-16(4-6-17)20(24)23-10-8-21(9-11-23)14-25-19-7-2-15(13-22)12-18(19)21;21-16-3-2-14(10-17(16)22)19(25)24-7-5-20(6-8-24)12-26-18-4-1-13(11-23)9-15(18)20;21-16-4-2-15(3-5-16)19(24)23-9-7-20(8-10-23)13-25-18-6-1-14(12-22)11-17(18)20/h1-5,10-11H,6-9,12-13,25H2;2-7,12H,8-11,13-14,22H2,1H3;1-4,9-10H,5-8,11-12,23H2;1-6,11H,7-10,12-13,22H2. The van der Waals surface area contributed by atoms with Gasteiger partial charge in [0.25, 0.3) is 23.6 Å². The minimum atomic E-state index is -4.46. The molecule has 8 aromatic carbocycles. The molecule has 8 N–H and O–H groups in total. The highest BCUT2D eigenvalue weighted by Crippen LogP contribution is 2.50. The van der Waals surface area contributed by atoms with Crippen LogP contribution in [0, 0.1) is 5.82 Å². The summed E-state index contributed by atoms with van der Waals surface area (Å²) >= 11 is 13.3. The predicted octanol–water partition coefficient (Wildman–Crippen LogP) is 14.0. The Balaban J connectivity index is 0.000000124. The summed E-state index contributed by atoms with van der Waals surface area (Å²) in [6.45, 7) is 9.78. The summed E-state index contributed by atoms with van der Waals surface area (Å²) in [4.78, 5) is 59.4. The Kier molecular flexibility index (Phi) is 22.3. The summed E-state index contributed by atoms with van der Waals surface area (Å²) in [6, 6.07) is 48.4. The third-order valence-corrected chi connectivity index (χ3v) is 23.8. The van der Waals surface area contributed by atoms with Gasteiger partial charge in [0.1, 0.15) is 28.8 Å². The first kappa shape index (κ1) is 74.6. The van der Waals surface area contributed by atoms with Crippen molar-refractivity contribution in [1.82, 2.24) is 19.6 Å². The molecule has 16 rings (SSSR count). The van der Waals surface area contributed by atoms with Gasteiger partial charge in [0.15, 0.2) is 0 Å². The Bertz CT molecular complexity index is 4520. The van der Waals surface area contributed by atoms with Gasteiger partial charge in [-0.1, -0.05) is 77.8 Å². The smallest absolute Gasteiger partial charge is 0.416 e. The van der Waals surface area contributed by atoms with Crippen molar-refractivity contribution in [3.63, 3.8) is 0 Å². The summed E-state index contributed by atoms with van der Waals surface area (Å²) in [7, 11) is 0. The number of carbonyl (C=O) groups excluding carboxylic acids is 4. The van der Waals surface area contributed by atoms with Gasteiger partial charge in [-0.05, 0) is 189 Å². The lowest BCUT2D eigenvalue weighted by atomic mass is 9.74. The Morgan fingerprint density at radius 2 is 0.714 bits per heavy atom. The van der Waals surface area contributed by atoms with E-state index >= 15 is 0 Å². The van der Waals surface area contributed by atoms with E-state index in [1.54, 1.807) is 51.9 Å². The van der Waals surface area contributed by atoms with Crippen molar-refractivity contribution in [3.8, 4) is 23.0 Å². The van der Waals surface area contributed by atoms with Crippen LogP contribution in [0.5, 0.6) is 23.0 Å². The fourth-order valence-corrected chi connectivity index (χ4v) is 16.5. The maximum absolute atomic E-state index is 13.7. The topological polar surface area (TPSA) is 222 Å². The molecule has 4 spiro atoms. The maximum Gasteiger partial charge on any atom is 0.416 e. The fraction of sp³-hybridized carbons (Fsp3) is 0.366. The van der Waals surface area contributed by atoms with E-state index in [0.717, 1.165) is 133 Å². The van der Waals surface area contributed by atoms with Crippen molar-refractivity contribution >= 4 is 58.6 Å². The van der Waals surface area contributed by atoms with E-state index in [0.29, 0.717) is 108 Å². The van der Waals surface area contributed by atoms with Crippen molar-refractivity contribution in [3.05, 3.63) is 252 Å². The zero-order chi connectivity index (χ0) is 73.8. The zero-order valence-electron chi connectivity index (χ0n) is 58.6. The highest BCUT2D eigenvalue weighted by atomic mass is 35.5. The number of alkyl halides is 3. The summed E-state index contributed by atoms with van der Waals surface area (Å²) in [5, 5.41) is 0.666. The lowest BCUT2D eigenvalue weighted by Crippen LogP contribution is -2.46. The van der Waals surface area contributed by atoms with Crippen LogP contribution >= 0.6 is 35.0 Å². The molecule has 550 valence electrons. The van der Waals surface area contributed by atoms with Crippen LogP contribution in [0.3, 0.4) is 0 Å². The molecule has 23 heteroatoms. The number of benzene rings is 8. The molecule has 0 aliphatic carbocycles. The van der Waals surface area contributed by atoms with Crippen LogP contribution in [-0.2, 0) is 54.0 Å². The molecule has 8 heterocycles. The first-order valence-corrected chi connectivity index (χ1v) is 37.6. The molecule has 0 bridgehead atoms. The third-order valence-electron chi connectivity index (χ3n) is 22.5. The second-order valence-electron chi connectivity index (χ2n) is 28.5. The zero-order valence-corrected chi connectivity index (χ0v) is 60.9. The second-order valence-corrected chi connectivity index (χ2v) is 30.2. The van der Waals surface area contributed by atoms with E-state index in [9.17, 15) is 36.7 Å². The minimum Gasteiger partial charge on any atom is -0.492 e. The minimum absolute atomic E-state index is 0.0112. The summed E-state index contributed by atoms with van der Waals surface area (Å²) in [5.74, 6) is 2.82. The van der Waals surface area contributed by atoms with Crippen molar-refractivity contribution in [2.45, 2.75) is 110 Å². The summed E-state index contributed by atoms with van der Waals surface area (Å²) in [5.41, 5.74) is 33.3. The molecular weight excluding hydrogens is 1400 g/mol. The van der Waals surface area contributed by atoms with Crippen LogP contribution in [0.2, 0.25) is 10.0 Å². The molecule has 4 amide bonds. The Morgan fingerprint density at radius 1 is 0.410 bits per heavy atom. The molecule has 4 fully saturated rings. The van der Waals surface area contributed by atoms with Gasteiger partial charge >= 0.3 is 6.18 Å². The molecule has 105 heavy (non-hydrogen) atoms. The fourth-order valence-electron chi connectivity index (χ4n) is 15.9. The predicted molar refractivity (Wildman–Crippen MR) is 399 cm³/mol. The summed E-state index contributed by atoms with van der Waals surface area (Å²) in [6.07, 6.45) is 4.31. The number of nitrogens with two attached hydrogens (primary N) is 4. The first-order valence-electron chi connectivity index (χ1n) is 35.7. The van der Waals surface area contributed by atoms with Crippen LogP contribution in [-0.4, -0.2) is 128 Å². The number of ether oxygens (including phenoxy) is 4. The molecular formula is C82H86Cl2F4N8O8S. The highest BCUT2D eigenvalue weighted by Gasteiger charge is 2.48. The van der Waals surface area contributed by atoms with Crippen molar-refractivity contribution < 1.29 is 55.7 Å². The van der Waals surface area contributed by atoms with E-state index < -0.39 is 17.6 Å². The molecule has 4 saturated heterocycles. The van der Waals surface area contributed by atoms with Crippen molar-refractivity contribution in [1.29, 1.82) is 0 Å². The van der Waals surface area contributed by atoms with Gasteiger partial charge in [-0.25, -0.2) is 4.39 Å². The quantitative estimate of drug-likeness (QED) is 0.0781. The Labute approximate surface area is 623 Å². The van der Waals surface area contributed by atoms with E-state index in [4.69, 9.17) is 65.1 Å². The highest BCUT2D eigenvalue weighted by molar-refractivity contribution is 7.98. The van der Waals surface area contributed by atoms with E-state index in [2.05, 4.69) is 24.3 Å². The Hall–Kier alpha value is -8.67. The normalized spacial score (nSPS) is 18.0. The molecule has 0 radical (unpaired) electrons. The van der Waals surface area contributed by atoms with E-state index in [1.165, 1.54) is 45.9 Å². The lowest BCUT2D eigenvalue weighted by molar-refractivity contribution is -0.137. The average Bonchev–Trinajstić information content (AvgIpc) is 1.64. The SMILES string of the molecule is CSc1ccc(C(=O)N2CCC3(CC2)COc2ccc(CN)cc23)cc1.NCc1ccc2c(c1)C1(CCN(C(=O)c3ccc(Cl)c(F)c3)CC1)CO2.NCc1ccc2c(c1)C1(CCN(C(=O)c3ccc(Cl)cc3)CC1)CO2.NCc1ccc2c(c1)C1(CCN(C(=O)c3cccc(C(F)(F)F)c3)CC1)CO2.